The van der Waals surface area contributed by atoms with Gasteiger partial charge in [0.15, 0.2) is 0 Å². The lowest BCUT2D eigenvalue weighted by Gasteiger charge is -2.23. The lowest BCUT2D eigenvalue weighted by molar-refractivity contribution is 0.351. The van der Waals surface area contributed by atoms with Crippen molar-refractivity contribution in [3.8, 4) is 0 Å². The van der Waals surface area contributed by atoms with Crippen LogP contribution >= 0.6 is 0 Å². The summed E-state index contributed by atoms with van der Waals surface area (Å²) in [6.45, 7) is 0. The smallest absolute Gasteiger partial charge is 0.329 e. The van der Waals surface area contributed by atoms with Gasteiger partial charge in [-0.3, -0.25) is 14.1 Å². The summed E-state index contributed by atoms with van der Waals surface area (Å²) in [7, 11) is 1.83. The SMILES string of the molecule is Cn1c(=O)n(C2CCCCC2)c2c3cc(/C(C=N)=C/Nc4ccccc4)ccc3ncc21. The third kappa shape index (κ3) is 3.51. The number of nitrogens with one attached hydrogen (secondary N) is 2. The fourth-order valence-electron chi connectivity index (χ4n) is 4.79. The number of imidazole rings is 1. The molecule has 1 fully saturated rings. The van der Waals surface area contributed by atoms with Gasteiger partial charge in [-0.2, -0.15) is 0 Å². The molecule has 32 heavy (non-hydrogen) atoms. The monoisotopic (exact) mass is 425 g/mol. The average molecular weight is 426 g/mol. The van der Waals surface area contributed by atoms with Gasteiger partial charge in [0.2, 0.25) is 0 Å². The molecule has 0 radical (unpaired) electrons. The first-order valence-electron chi connectivity index (χ1n) is 11.2. The topological polar surface area (TPSA) is 75.7 Å². The Hall–Kier alpha value is -3.67. The van der Waals surface area contributed by atoms with Crippen LogP contribution in [0.5, 0.6) is 0 Å². The first-order valence-corrected chi connectivity index (χ1v) is 11.2. The van der Waals surface area contributed by atoms with Crippen LogP contribution in [0, 0.1) is 5.41 Å². The number of hydrogen-bond acceptors (Lipinski definition) is 4. The second kappa shape index (κ2) is 8.46. The minimum atomic E-state index is 0.0279. The van der Waals surface area contributed by atoms with E-state index in [1.165, 1.54) is 12.6 Å². The summed E-state index contributed by atoms with van der Waals surface area (Å²) >= 11 is 0. The number of anilines is 1. The second-order valence-electron chi connectivity index (χ2n) is 8.48. The first-order chi connectivity index (χ1) is 15.7. The molecule has 1 saturated carbocycles. The van der Waals surface area contributed by atoms with Crippen molar-refractivity contribution in [2.45, 2.75) is 38.1 Å². The van der Waals surface area contributed by atoms with Crippen LogP contribution in [0.1, 0.15) is 43.7 Å². The van der Waals surface area contributed by atoms with Crippen molar-refractivity contribution in [1.82, 2.24) is 14.1 Å². The zero-order valence-corrected chi connectivity index (χ0v) is 18.2. The number of allylic oxidation sites excluding steroid dienone is 1. The van der Waals surface area contributed by atoms with Crippen LogP contribution in [-0.2, 0) is 7.05 Å². The lowest BCUT2D eigenvalue weighted by atomic mass is 9.95. The van der Waals surface area contributed by atoms with E-state index < -0.39 is 0 Å². The molecule has 0 aliphatic heterocycles. The van der Waals surface area contributed by atoms with Crippen LogP contribution in [0.25, 0.3) is 27.5 Å². The molecule has 2 aromatic heterocycles. The minimum Gasteiger partial charge on any atom is -0.361 e. The van der Waals surface area contributed by atoms with E-state index in [0.29, 0.717) is 0 Å². The van der Waals surface area contributed by atoms with E-state index in [4.69, 9.17) is 5.41 Å². The summed E-state index contributed by atoms with van der Waals surface area (Å²) in [6, 6.07) is 16.1. The van der Waals surface area contributed by atoms with Crippen molar-refractivity contribution in [3.63, 3.8) is 0 Å². The van der Waals surface area contributed by atoms with E-state index in [1.54, 1.807) is 4.57 Å². The molecule has 0 bridgehead atoms. The number of pyridine rings is 1. The molecule has 4 aromatic rings. The van der Waals surface area contributed by atoms with Gasteiger partial charge in [-0.25, -0.2) is 4.79 Å². The van der Waals surface area contributed by atoms with Crippen molar-refractivity contribution in [2.24, 2.45) is 7.05 Å². The summed E-state index contributed by atoms with van der Waals surface area (Å²) in [5, 5.41) is 12.2. The molecule has 0 amide bonds. The van der Waals surface area contributed by atoms with Gasteiger partial charge in [-0.05, 0) is 42.7 Å². The number of rotatable bonds is 5. The predicted octanol–water partition coefficient (Wildman–Crippen LogP) is 5.50. The Bertz CT molecular complexity index is 1370. The summed E-state index contributed by atoms with van der Waals surface area (Å²) in [4.78, 5) is 17.8. The third-order valence-electron chi connectivity index (χ3n) is 6.51. The molecule has 5 rings (SSSR count). The van der Waals surface area contributed by atoms with Crippen LogP contribution < -0.4 is 11.0 Å². The van der Waals surface area contributed by atoms with Crippen LogP contribution in [0.4, 0.5) is 5.69 Å². The molecule has 0 saturated heterocycles. The molecule has 0 spiro atoms. The normalized spacial score (nSPS) is 15.3. The van der Waals surface area contributed by atoms with Crippen LogP contribution in [-0.4, -0.2) is 20.3 Å². The Labute approximate surface area is 186 Å². The molecule has 162 valence electrons. The molecular weight excluding hydrogens is 398 g/mol. The fourth-order valence-corrected chi connectivity index (χ4v) is 4.79. The quantitative estimate of drug-likeness (QED) is 0.415. The van der Waals surface area contributed by atoms with Crippen LogP contribution in [0.2, 0.25) is 0 Å². The molecule has 2 heterocycles. The zero-order chi connectivity index (χ0) is 22.1. The van der Waals surface area contributed by atoms with Gasteiger partial charge in [0.05, 0.1) is 22.7 Å². The number of benzene rings is 2. The standard InChI is InChI=1S/C26H27N5O/c1-30-24-17-29-23-13-12-18(19(15-27)16-28-20-8-4-2-5-9-20)14-22(23)25(24)31(26(30)32)21-10-6-3-7-11-21/h2,4-5,8-9,12-17,21,27-28H,3,6-7,10-11H2,1H3/b19-16+,27-15?. The van der Waals surface area contributed by atoms with Gasteiger partial charge in [0.1, 0.15) is 0 Å². The summed E-state index contributed by atoms with van der Waals surface area (Å²) in [5.74, 6) is 0. The van der Waals surface area contributed by atoms with E-state index in [2.05, 4.69) is 16.4 Å². The molecule has 0 atom stereocenters. The largest absolute Gasteiger partial charge is 0.361 e. The Morgan fingerprint density at radius 1 is 1.12 bits per heavy atom. The van der Waals surface area contributed by atoms with Crippen LogP contribution in [0.15, 0.2) is 65.7 Å². The van der Waals surface area contributed by atoms with Crippen molar-refractivity contribution in [2.75, 3.05) is 5.32 Å². The minimum absolute atomic E-state index is 0.0279. The highest BCUT2D eigenvalue weighted by Crippen LogP contribution is 2.33. The maximum absolute atomic E-state index is 13.2. The number of nitrogens with zero attached hydrogens (tertiary/aromatic N) is 3. The number of aryl methyl sites for hydroxylation is 1. The van der Waals surface area contributed by atoms with Crippen molar-refractivity contribution >= 4 is 39.4 Å². The summed E-state index contributed by atoms with van der Waals surface area (Å²) in [5.41, 5.74) is 5.33. The number of hydrogen-bond donors (Lipinski definition) is 2. The highest BCUT2D eigenvalue weighted by molar-refractivity contribution is 6.11. The lowest BCUT2D eigenvalue weighted by Crippen LogP contribution is -2.27. The van der Waals surface area contributed by atoms with Gasteiger partial charge >= 0.3 is 5.69 Å². The Morgan fingerprint density at radius 2 is 1.91 bits per heavy atom. The maximum atomic E-state index is 13.2. The number of fused-ring (bicyclic) bond motifs is 3. The second-order valence-corrected chi connectivity index (χ2v) is 8.48. The van der Waals surface area contributed by atoms with Gasteiger partial charge in [0, 0.05) is 42.2 Å². The van der Waals surface area contributed by atoms with E-state index in [1.807, 2.05) is 66.5 Å². The molecule has 2 N–H and O–H groups in total. The molecule has 1 aliphatic carbocycles. The molecule has 2 aromatic carbocycles. The Morgan fingerprint density at radius 3 is 2.66 bits per heavy atom. The summed E-state index contributed by atoms with van der Waals surface area (Å²) < 4.78 is 3.71. The number of aromatic nitrogens is 3. The van der Waals surface area contributed by atoms with Crippen molar-refractivity contribution in [3.05, 3.63) is 77.0 Å². The average Bonchev–Trinajstić information content (AvgIpc) is 3.11. The molecule has 0 unspecified atom stereocenters. The molecule has 6 nitrogen and oxygen atoms in total. The van der Waals surface area contributed by atoms with Gasteiger partial charge in [0.25, 0.3) is 0 Å². The molecule has 1 aliphatic rings. The van der Waals surface area contributed by atoms with E-state index >= 15 is 0 Å². The maximum Gasteiger partial charge on any atom is 0.329 e. The zero-order valence-electron chi connectivity index (χ0n) is 18.2. The fraction of sp³-hybridized carbons (Fsp3) is 0.269. The third-order valence-corrected chi connectivity index (χ3v) is 6.51. The van der Waals surface area contributed by atoms with E-state index in [9.17, 15) is 4.79 Å². The summed E-state index contributed by atoms with van der Waals surface area (Å²) in [6.07, 6.45) is 10.6. The van der Waals surface area contributed by atoms with E-state index in [0.717, 1.165) is 64.4 Å². The van der Waals surface area contributed by atoms with Gasteiger partial charge in [-0.15, -0.1) is 0 Å². The highest BCUT2D eigenvalue weighted by Gasteiger charge is 2.23. The van der Waals surface area contributed by atoms with Gasteiger partial charge < -0.3 is 10.7 Å². The predicted molar refractivity (Wildman–Crippen MR) is 131 cm³/mol. The first kappa shape index (κ1) is 20.2. The number of para-hydroxylation sites is 1. The molecular formula is C26H27N5O. The van der Waals surface area contributed by atoms with Crippen LogP contribution in [0.3, 0.4) is 0 Å². The highest BCUT2D eigenvalue weighted by atomic mass is 16.1. The molecule has 6 heteroatoms. The van der Waals surface area contributed by atoms with Crippen molar-refractivity contribution < 1.29 is 0 Å². The Balaban J connectivity index is 1.66. The van der Waals surface area contributed by atoms with Crippen molar-refractivity contribution in [1.29, 1.82) is 5.41 Å². The Kier molecular flexibility index (Phi) is 5.35. The van der Waals surface area contributed by atoms with E-state index in [-0.39, 0.29) is 11.7 Å². The van der Waals surface area contributed by atoms with Gasteiger partial charge in [-0.1, -0.05) is 43.5 Å².